The highest BCUT2D eigenvalue weighted by atomic mass is 19.4. The van der Waals surface area contributed by atoms with Crippen molar-refractivity contribution in [2.75, 3.05) is 0 Å². The maximum Gasteiger partial charge on any atom is 0.415 e. The average molecular weight is 759 g/mol. The highest BCUT2D eigenvalue weighted by molar-refractivity contribution is 6.13. The van der Waals surface area contributed by atoms with Crippen LogP contribution in [0, 0.1) is 17.9 Å². The average Bonchev–Trinajstić information content (AvgIpc) is 3.78. The Morgan fingerprint density at radius 3 is 1.48 bits per heavy atom. The van der Waals surface area contributed by atoms with Gasteiger partial charge in [-0.15, -0.1) is 0 Å². The second-order valence-corrected chi connectivity index (χ2v) is 13.7. The lowest BCUT2D eigenvalue weighted by Crippen LogP contribution is -2.07. The van der Waals surface area contributed by atoms with Gasteiger partial charge in [-0.25, -0.2) is 24.8 Å². The second kappa shape index (κ2) is 13.3. The van der Waals surface area contributed by atoms with Crippen LogP contribution in [-0.2, 0) is 6.18 Å². The van der Waals surface area contributed by atoms with E-state index in [4.69, 9.17) is 6.57 Å². The Morgan fingerprint density at radius 2 is 1.02 bits per heavy atom. The van der Waals surface area contributed by atoms with E-state index >= 15 is 0 Å². The summed E-state index contributed by atoms with van der Waals surface area (Å²) in [7, 11) is 0. The van der Waals surface area contributed by atoms with Crippen molar-refractivity contribution in [2.24, 2.45) is 0 Å². The highest BCUT2D eigenvalue weighted by Crippen LogP contribution is 2.45. The summed E-state index contributed by atoms with van der Waals surface area (Å²) in [5.74, 6) is 0.993. The van der Waals surface area contributed by atoms with Crippen LogP contribution in [0.25, 0.3) is 93.7 Å². The number of nitrogens with zero attached hydrogens (tertiary/aromatic N) is 8. The first kappa shape index (κ1) is 34.3. The molecule has 4 aromatic heterocycles. The van der Waals surface area contributed by atoms with Crippen molar-refractivity contribution in [3.63, 3.8) is 0 Å². The van der Waals surface area contributed by atoms with E-state index in [1.54, 1.807) is 49.1 Å². The molecule has 0 bridgehead atoms. The summed E-state index contributed by atoms with van der Waals surface area (Å²) < 4.78 is 48.1. The quantitative estimate of drug-likeness (QED) is 0.163. The number of nitriles is 1. The molecule has 0 amide bonds. The van der Waals surface area contributed by atoms with Crippen LogP contribution in [0.2, 0.25) is 0 Å². The van der Waals surface area contributed by atoms with Gasteiger partial charge in [0.25, 0.3) is 0 Å². The SMILES string of the molecule is [C-]#[N+]c1cc(-c2c(-n3c4ccccc4c4ccc(-c5ncccn5)cc43)cc(C#N)cc2-n2c3ccccc3c3ccc(-c4ncccn4)cc32)cc(C(F)(F)F)c1. The predicted molar refractivity (Wildman–Crippen MR) is 219 cm³/mol. The third kappa shape index (κ3) is 5.53. The zero-order valence-electron chi connectivity index (χ0n) is 30.1. The summed E-state index contributed by atoms with van der Waals surface area (Å²) in [6.07, 6.45) is 1.88. The fraction of sp³-hybridized carbons (Fsp3) is 0.0213. The number of hydrogen-bond donors (Lipinski definition) is 0. The minimum absolute atomic E-state index is 0.150. The van der Waals surface area contributed by atoms with Crippen molar-refractivity contribution in [3.8, 4) is 51.3 Å². The number of para-hydroxylation sites is 2. The van der Waals surface area contributed by atoms with Gasteiger partial charge >= 0.3 is 6.18 Å². The summed E-state index contributed by atoms with van der Waals surface area (Å²) in [6, 6.07) is 39.9. The lowest BCUT2D eigenvalue weighted by atomic mass is 9.95. The Bertz CT molecular complexity index is 3180. The zero-order chi connectivity index (χ0) is 39.5. The van der Waals surface area contributed by atoms with E-state index in [1.807, 2.05) is 94.1 Å². The van der Waals surface area contributed by atoms with Crippen molar-refractivity contribution >= 4 is 49.3 Å². The number of hydrogen-bond acceptors (Lipinski definition) is 5. The number of fused-ring (bicyclic) bond motifs is 6. The third-order valence-corrected chi connectivity index (χ3v) is 10.4. The topological polar surface area (TPSA) is 89.6 Å². The van der Waals surface area contributed by atoms with Gasteiger partial charge in [0.05, 0.1) is 51.6 Å². The molecule has 274 valence electrons. The van der Waals surface area contributed by atoms with Crippen LogP contribution >= 0.6 is 0 Å². The van der Waals surface area contributed by atoms with Crippen molar-refractivity contribution in [3.05, 3.63) is 175 Å². The molecule has 0 fully saturated rings. The summed E-state index contributed by atoms with van der Waals surface area (Å²) in [5, 5.41) is 14.3. The van der Waals surface area contributed by atoms with Crippen molar-refractivity contribution in [2.45, 2.75) is 6.18 Å². The summed E-state index contributed by atoms with van der Waals surface area (Å²) in [4.78, 5) is 21.4. The van der Waals surface area contributed by atoms with Gasteiger partial charge in [0, 0.05) is 68.6 Å². The van der Waals surface area contributed by atoms with Gasteiger partial charge in [0.15, 0.2) is 17.3 Å². The Balaban J connectivity index is 1.40. The molecule has 10 aromatic rings. The number of alkyl halides is 3. The van der Waals surface area contributed by atoms with E-state index in [1.165, 1.54) is 6.07 Å². The molecule has 58 heavy (non-hydrogen) atoms. The fourth-order valence-electron chi connectivity index (χ4n) is 7.94. The molecule has 0 unspecified atom stereocenters. The summed E-state index contributed by atoms with van der Waals surface area (Å²) in [6.45, 7) is 7.88. The first-order valence-electron chi connectivity index (χ1n) is 18.1. The van der Waals surface area contributed by atoms with Gasteiger partial charge in [-0.2, -0.15) is 18.4 Å². The van der Waals surface area contributed by atoms with E-state index in [0.29, 0.717) is 28.6 Å². The van der Waals surface area contributed by atoms with Crippen LogP contribution in [-0.4, -0.2) is 29.1 Å². The molecular weight excluding hydrogens is 734 g/mol. The van der Waals surface area contributed by atoms with Crippen LogP contribution in [0.4, 0.5) is 18.9 Å². The van der Waals surface area contributed by atoms with Crippen molar-refractivity contribution in [1.29, 1.82) is 5.26 Å². The minimum Gasteiger partial charge on any atom is -0.308 e. The lowest BCUT2D eigenvalue weighted by Gasteiger charge is -2.22. The smallest absolute Gasteiger partial charge is 0.308 e. The molecule has 0 aliphatic carbocycles. The molecule has 10 rings (SSSR count). The molecule has 0 N–H and O–H groups in total. The Morgan fingerprint density at radius 1 is 0.534 bits per heavy atom. The van der Waals surface area contributed by atoms with Crippen LogP contribution in [0.5, 0.6) is 0 Å². The van der Waals surface area contributed by atoms with Gasteiger partial charge in [-0.3, -0.25) is 0 Å². The standard InChI is InChI=1S/C47H25F3N8/c1-52-33-23-31(22-32(26-33)47(48,49)50)44-42(57-38-10-4-2-8-34(38)36-14-12-29(24-40(36)57)45-53-16-6-17-54-45)20-28(27-51)21-43(44)58-39-11-5-3-9-35(39)37-15-13-30(25-41(37)58)46-55-18-7-19-56-46/h2-26H. The van der Waals surface area contributed by atoms with E-state index in [0.717, 1.165) is 66.9 Å². The first-order chi connectivity index (χ1) is 28.3. The maximum atomic E-state index is 14.7. The number of halogens is 3. The first-order valence-corrected chi connectivity index (χ1v) is 18.1. The predicted octanol–water partition coefficient (Wildman–Crippen LogP) is 11.9. The van der Waals surface area contributed by atoms with Crippen LogP contribution in [0.15, 0.2) is 152 Å². The van der Waals surface area contributed by atoms with Gasteiger partial charge in [-0.1, -0.05) is 60.7 Å². The molecule has 0 aliphatic rings. The second-order valence-electron chi connectivity index (χ2n) is 13.7. The lowest BCUT2D eigenvalue weighted by molar-refractivity contribution is -0.137. The molecule has 0 spiro atoms. The molecule has 6 aromatic carbocycles. The maximum absolute atomic E-state index is 14.7. The van der Waals surface area contributed by atoms with Crippen LogP contribution in [0.3, 0.4) is 0 Å². The molecule has 0 saturated carbocycles. The molecule has 4 heterocycles. The highest BCUT2D eigenvalue weighted by Gasteiger charge is 2.32. The van der Waals surface area contributed by atoms with E-state index in [-0.39, 0.29) is 16.8 Å². The Kier molecular flexibility index (Phi) is 7.85. The number of rotatable bonds is 5. The monoisotopic (exact) mass is 758 g/mol. The number of benzene rings is 6. The van der Waals surface area contributed by atoms with Gasteiger partial charge in [-0.05, 0) is 72.3 Å². The molecular formula is C47H25F3N8. The fourth-order valence-corrected chi connectivity index (χ4v) is 7.94. The van der Waals surface area contributed by atoms with Crippen molar-refractivity contribution in [1.82, 2.24) is 29.1 Å². The largest absolute Gasteiger partial charge is 0.415 e. The molecule has 0 atom stereocenters. The molecule has 0 aliphatic heterocycles. The molecule has 8 nitrogen and oxygen atoms in total. The Labute approximate surface area is 328 Å². The van der Waals surface area contributed by atoms with Gasteiger partial charge in [0.1, 0.15) is 0 Å². The van der Waals surface area contributed by atoms with Crippen molar-refractivity contribution < 1.29 is 13.2 Å². The molecule has 0 radical (unpaired) electrons. The van der Waals surface area contributed by atoms with E-state index in [9.17, 15) is 18.4 Å². The van der Waals surface area contributed by atoms with Gasteiger partial charge < -0.3 is 9.13 Å². The zero-order valence-corrected chi connectivity index (χ0v) is 30.1. The number of aromatic nitrogens is 6. The summed E-state index contributed by atoms with van der Waals surface area (Å²) in [5.41, 5.74) is 4.94. The Hall–Kier alpha value is -8.15. The van der Waals surface area contributed by atoms with Gasteiger partial charge in [0.2, 0.25) is 0 Å². The van der Waals surface area contributed by atoms with E-state index < -0.39 is 11.7 Å². The normalized spacial score (nSPS) is 11.7. The van der Waals surface area contributed by atoms with Crippen LogP contribution < -0.4 is 0 Å². The third-order valence-electron chi connectivity index (χ3n) is 10.4. The van der Waals surface area contributed by atoms with E-state index in [2.05, 4.69) is 30.9 Å². The summed E-state index contributed by atoms with van der Waals surface area (Å²) >= 11 is 0. The molecule has 11 heteroatoms. The minimum atomic E-state index is -4.75. The van der Waals surface area contributed by atoms with Crippen LogP contribution in [0.1, 0.15) is 11.1 Å². The molecule has 0 saturated heterocycles.